The van der Waals surface area contributed by atoms with E-state index in [0.29, 0.717) is 23.3 Å². The van der Waals surface area contributed by atoms with Crippen LogP contribution in [-0.2, 0) is 10.0 Å². The van der Waals surface area contributed by atoms with Crippen LogP contribution in [0.1, 0.15) is 19.3 Å². The van der Waals surface area contributed by atoms with Gasteiger partial charge >= 0.3 is 0 Å². The first-order chi connectivity index (χ1) is 10.0. The molecule has 3 aliphatic rings. The zero-order valence-corrected chi connectivity index (χ0v) is 12.8. The molecule has 6 heteroatoms. The van der Waals surface area contributed by atoms with Gasteiger partial charge in [0.25, 0.3) is 0 Å². The first-order valence-corrected chi connectivity index (χ1v) is 8.95. The Morgan fingerprint density at radius 2 is 1.90 bits per heavy atom. The van der Waals surface area contributed by atoms with E-state index in [2.05, 4.69) is 4.72 Å². The third kappa shape index (κ3) is 1.96. The molecule has 0 spiro atoms. The van der Waals surface area contributed by atoms with Crippen LogP contribution in [0.25, 0.3) is 0 Å². The molecule has 3 saturated carbocycles. The molecule has 4 atom stereocenters. The number of fused-ring (bicyclic) bond motifs is 5. The molecule has 0 heterocycles. The van der Waals surface area contributed by atoms with Crippen LogP contribution in [0.15, 0.2) is 23.1 Å². The van der Waals surface area contributed by atoms with Gasteiger partial charge in [0.05, 0.1) is 17.7 Å². The third-order valence-electron chi connectivity index (χ3n) is 5.54. The summed E-state index contributed by atoms with van der Waals surface area (Å²) in [6, 6.07) is 4.74. The number of hydrogen-bond donors (Lipinski definition) is 2. The van der Waals surface area contributed by atoms with Crippen molar-refractivity contribution in [1.29, 1.82) is 0 Å². The quantitative estimate of drug-likeness (QED) is 0.828. The summed E-state index contributed by atoms with van der Waals surface area (Å²) in [6.07, 6.45) is 3.86. The van der Waals surface area contributed by atoms with E-state index in [1.165, 1.54) is 38.5 Å². The normalized spacial score (nSPS) is 36.5. The summed E-state index contributed by atoms with van der Waals surface area (Å²) in [7, 11) is -2.01. The van der Waals surface area contributed by atoms with Gasteiger partial charge in [0.15, 0.2) is 0 Å². The maximum atomic E-state index is 12.5. The van der Waals surface area contributed by atoms with Crippen molar-refractivity contribution < 1.29 is 13.2 Å². The van der Waals surface area contributed by atoms with Crippen LogP contribution < -0.4 is 15.2 Å². The van der Waals surface area contributed by atoms with E-state index in [1.807, 2.05) is 0 Å². The van der Waals surface area contributed by atoms with Gasteiger partial charge in [-0.3, -0.25) is 0 Å². The van der Waals surface area contributed by atoms with Crippen LogP contribution in [-0.4, -0.2) is 21.6 Å². The number of sulfonamides is 1. The fraction of sp³-hybridized carbons (Fsp3) is 0.600. The molecule has 3 N–H and O–H groups in total. The van der Waals surface area contributed by atoms with Crippen LogP contribution >= 0.6 is 0 Å². The minimum Gasteiger partial charge on any atom is -0.495 e. The van der Waals surface area contributed by atoms with Gasteiger partial charge < -0.3 is 10.5 Å². The van der Waals surface area contributed by atoms with E-state index >= 15 is 0 Å². The van der Waals surface area contributed by atoms with Crippen LogP contribution in [0, 0.1) is 23.7 Å². The molecule has 1 aromatic rings. The van der Waals surface area contributed by atoms with Crippen molar-refractivity contribution in [1.82, 2.24) is 4.72 Å². The Bertz CT molecular complexity index is 672. The lowest BCUT2D eigenvalue weighted by atomic mass is 10.0. The average Bonchev–Trinajstić information content (AvgIpc) is 2.85. The number of hydrogen-bond acceptors (Lipinski definition) is 4. The van der Waals surface area contributed by atoms with Gasteiger partial charge in [0.2, 0.25) is 10.0 Å². The summed E-state index contributed by atoms with van der Waals surface area (Å²) in [5.74, 6) is 3.04. The van der Waals surface area contributed by atoms with E-state index in [-0.39, 0.29) is 10.9 Å². The molecular formula is C15H20N2O3S. The van der Waals surface area contributed by atoms with Gasteiger partial charge in [-0.2, -0.15) is 0 Å². The van der Waals surface area contributed by atoms with Crippen LogP contribution in [0.5, 0.6) is 5.75 Å². The van der Waals surface area contributed by atoms with E-state index < -0.39 is 10.0 Å². The van der Waals surface area contributed by atoms with E-state index in [4.69, 9.17) is 10.5 Å². The van der Waals surface area contributed by atoms with E-state index in [0.717, 1.165) is 11.8 Å². The predicted octanol–water partition coefficient (Wildman–Crippen LogP) is 1.60. The lowest BCUT2D eigenvalue weighted by molar-refractivity contribution is 0.415. The molecule has 4 rings (SSSR count). The second-order valence-electron chi connectivity index (χ2n) is 6.54. The number of nitrogens with one attached hydrogen (secondary N) is 1. The molecule has 114 valence electrons. The molecular weight excluding hydrogens is 288 g/mol. The molecule has 3 aliphatic carbocycles. The first-order valence-electron chi connectivity index (χ1n) is 7.47. The Hall–Kier alpha value is -1.27. The minimum absolute atomic E-state index is 0.143. The lowest BCUT2D eigenvalue weighted by Crippen LogP contribution is -2.30. The number of nitrogens with two attached hydrogens (primary N) is 1. The first kappa shape index (κ1) is 13.4. The van der Waals surface area contributed by atoms with Gasteiger partial charge in [-0.1, -0.05) is 0 Å². The van der Waals surface area contributed by atoms with Gasteiger partial charge in [-0.05, 0) is 55.1 Å². The van der Waals surface area contributed by atoms with Crippen molar-refractivity contribution in [3.63, 3.8) is 0 Å². The van der Waals surface area contributed by atoms with Crippen molar-refractivity contribution in [2.75, 3.05) is 12.8 Å². The van der Waals surface area contributed by atoms with Gasteiger partial charge in [0.1, 0.15) is 5.75 Å². The highest BCUT2D eigenvalue weighted by Crippen LogP contribution is 2.65. The van der Waals surface area contributed by atoms with Crippen LogP contribution in [0.4, 0.5) is 5.69 Å². The third-order valence-corrected chi connectivity index (χ3v) is 7.00. The molecule has 4 unspecified atom stereocenters. The topological polar surface area (TPSA) is 81.4 Å². The number of rotatable bonds is 4. The van der Waals surface area contributed by atoms with Crippen molar-refractivity contribution in [3.05, 3.63) is 18.2 Å². The predicted molar refractivity (Wildman–Crippen MR) is 79.3 cm³/mol. The SMILES string of the molecule is COc1cc(S(=O)(=O)NC2C3C4CCC(C4)C23)ccc1N. The van der Waals surface area contributed by atoms with Crippen molar-refractivity contribution in [2.45, 2.75) is 30.2 Å². The van der Waals surface area contributed by atoms with Crippen LogP contribution in [0.2, 0.25) is 0 Å². The summed E-state index contributed by atoms with van der Waals surface area (Å²) in [5.41, 5.74) is 6.18. The summed E-state index contributed by atoms with van der Waals surface area (Å²) in [4.78, 5) is 0.228. The van der Waals surface area contributed by atoms with Gasteiger partial charge in [0, 0.05) is 12.1 Å². The number of benzene rings is 1. The van der Waals surface area contributed by atoms with Gasteiger partial charge in [-0.15, -0.1) is 0 Å². The molecule has 0 aliphatic heterocycles. The summed E-state index contributed by atoms with van der Waals surface area (Å²) >= 11 is 0. The zero-order valence-electron chi connectivity index (χ0n) is 12.0. The Morgan fingerprint density at radius 1 is 1.24 bits per heavy atom. The van der Waals surface area contributed by atoms with Gasteiger partial charge in [-0.25, -0.2) is 13.1 Å². The number of methoxy groups -OCH3 is 1. The second kappa shape index (κ2) is 4.36. The number of ether oxygens (including phenoxy) is 1. The van der Waals surface area contributed by atoms with E-state index in [9.17, 15) is 8.42 Å². The molecule has 5 nitrogen and oxygen atoms in total. The standard InChI is InChI=1S/C15H20N2O3S/c1-20-12-7-10(4-5-11(12)16)21(18,19)17-15-13-8-2-3-9(6-8)14(13)15/h4-5,7-9,13-15,17H,2-3,6,16H2,1H3. The maximum Gasteiger partial charge on any atom is 0.240 e. The van der Waals surface area contributed by atoms with Crippen molar-refractivity contribution in [2.24, 2.45) is 23.7 Å². The summed E-state index contributed by atoms with van der Waals surface area (Å²) in [6.45, 7) is 0. The minimum atomic E-state index is -3.49. The lowest BCUT2D eigenvalue weighted by Gasteiger charge is -2.12. The van der Waals surface area contributed by atoms with E-state index in [1.54, 1.807) is 6.07 Å². The Balaban J connectivity index is 1.55. The number of anilines is 1. The highest BCUT2D eigenvalue weighted by molar-refractivity contribution is 7.89. The summed E-state index contributed by atoms with van der Waals surface area (Å²) in [5, 5.41) is 0. The molecule has 3 fully saturated rings. The maximum absolute atomic E-state index is 12.5. The largest absolute Gasteiger partial charge is 0.495 e. The molecule has 0 amide bonds. The molecule has 0 aromatic heterocycles. The monoisotopic (exact) mass is 308 g/mol. The second-order valence-corrected chi connectivity index (χ2v) is 8.25. The highest BCUT2D eigenvalue weighted by Gasteiger charge is 2.65. The fourth-order valence-corrected chi connectivity index (χ4v) is 5.91. The highest BCUT2D eigenvalue weighted by atomic mass is 32.2. The zero-order chi connectivity index (χ0) is 14.8. The van der Waals surface area contributed by atoms with Crippen LogP contribution in [0.3, 0.4) is 0 Å². The Labute approximate surface area is 124 Å². The molecule has 0 saturated heterocycles. The Morgan fingerprint density at radius 3 is 2.52 bits per heavy atom. The fourth-order valence-electron chi connectivity index (χ4n) is 4.59. The molecule has 1 aromatic carbocycles. The molecule has 0 radical (unpaired) electrons. The molecule has 21 heavy (non-hydrogen) atoms. The number of nitrogen functional groups attached to an aromatic ring is 1. The van der Waals surface area contributed by atoms with Crippen molar-refractivity contribution in [3.8, 4) is 5.75 Å². The molecule has 2 bridgehead atoms. The summed E-state index contributed by atoms with van der Waals surface area (Å²) < 4.78 is 33.0. The average molecular weight is 308 g/mol. The van der Waals surface area contributed by atoms with Crippen molar-refractivity contribution >= 4 is 15.7 Å². The smallest absolute Gasteiger partial charge is 0.240 e. The Kier molecular flexibility index (Phi) is 2.78.